The highest BCUT2D eigenvalue weighted by Crippen LogP contribution is 2.24. The highest BCUT2D eigenvalue weighted by molar-refractivity contribution is 6.24. The van der Waals surface area contributed by atoms with Gasteiger partial charge in [-0.3, -0.25) is 0 Å². The van der Waals surface area contributed by atoms with E-state index >= 15 is 0 Å². The smallest absolute Gasteiger partial charge is 0.106 e. The maximum absolute atomic E-state index is 6.15. The van der Waals surface area contributed by atoms with E-state index in [9.17, 15) is 0 Å². The van der Waals surface area contributed by atoms with Crippen LogP contribution in [-0.2, 0) is 4.74 Å². The van der Waals surface area contributed by atoms with E-state index in [4.69, 9.17) is 16.3 Å². The van der Waals surface area contributed by atoms with E-state index in [0.717, 1.165) is 0 Å². The van der Waals surface area contributed by atoms with Crippen LogP contribution >= 0.6 is 11.6 Å². The van der Waals surface area contributed by atoms with Crippen molar-refractivity contribution in [3.63, 3.8) is 0 Å². The molecular weight excluding hydrogens is 160 g/mol. The summed E-state index contributed by atoms with van der Waals surface area (Å²) in [5, 5.41) is 0. The van der Waals surface area contributed by atoms with Gasteiger partial charge in [-0.15, -0.1) is 11.6 Å². The first-order chi connectivity index (χ1) is 5.00. The van der Waals surface area contributed by atoms with E-state index in [1.165, 1.54) is 0 Å². The topological polar surface area (TPSA) is 9.23 Å². The molecule has 0 bridgehead atoms. The van der Waals surface area contributed by atoms with Gasteiger partial charge < -0.3 is 4.74 Å². The lowest BCUT2D eigenvalue weighted by Crippen LogP contribution is -2.29. The second kappa shape index (κ2) is 4.66. The zero-order chi connectivity index (χ0) is 8.91. The maximum atomic E-state index is 6.15. The van der Waals surface area contributed by atoms with Crippen molar-refractivity contribution in [2.24, 2.45) is 5.92 Å². The summed E-state index contributed by atoms with van der Waals surface area (Å²) in [7, 11) is 0. The first-order valence-corrected chi connectivity index (χ1v) is 4.30. The summed E-state index contributed by atoms with van der Waals surface area (Å²) in [4.78, 5) is -0.250. The summed E-state index contributed by atoms with van der Waals surface area (Å²) in [6.07, 6.45) is 3.52. The third-order valence-corrected chi connectivity index (χ3v) is 2.35. The molecule has 0 radical (unpaired) electrons. The normalized spacial score (nSPS) is 17.3. The second-order valence-electron chi connectivity index (χ2n) is 3.21. The van der Waals surface area contributed by atoms with Gasteiger partial charge >= 0.3 is 0 Å². The van der Waals surface area contributed by atoms with Crippen LogP contribution in [0.2, 0.25) is 0 Å². The maximum Gasteiger partial charge on any atom is 0.106 e. The third kappa shape index (κ3) is 4.31. The molecule has 1 unspecified atom stereocenters. The van der Waals surface area contributed by atoms with Gasteiger partial charge in [0.15, 0.2) is 0 Å². The van der Waals surface area contributed by atoms with Gasteiger partial charge in [0.05, 0.1) is 11.1 Å². The van der Waals surface area contributed by atoms with E-state index in [0.29, 0.717) is 12.5 Å². The molecule has 0 aliphatic heterocycles. The number of hydrogen-bond acceptors (Lipinski definition) is 1. The fourth-order valence-corrected chi connectivity index (χ4v) is 0.537. The molecule has 0 saturated carbocycles. The van der Waals surface area contributed by atoms with Crippen molar-refractivity contribution >= 4 is 11.6 Å². The fraction of sp³-hybridized carbons (Fsp3) is 0.778. The molecule has 0 aliphatic rings. The summed E-state index contributed by atoms with van der Waals surface area (Å²) in [6, 6.07) is 0. The molecule has 1 atom stereocenters. The van der Waals surface area contributed by atoms with Crippen LogP contribution in [0.15, 0.2) is 12.3 Å². The Bertz CT molecular complexity index is 128. The molecule has 0 fully saturated rings. The predicted octanol–water partition coefficient (Wildman–Crippen LogP) is 3.19. The van der Waals surface area contributed by atoms with Gasteiger partial charge in [0.2, 0.25) is 0 Å². The number of allylic oxidation sites excluding steroid dienone is 1. The summed E-state index contributed by atoms with van der Waals surface area (Å²) < 4.78 is 5.20. The van der Waals surface area contributed by atoms with Crippen LogP contribution in [0.3, 0.4) is 0 Å². The van der Waals surface area contributed by atoms with Gasteiger partial charge in [-0.1, -0.05) is 19.9 Å². The van der Waals surface area contributed by atoms with Crippen molar-refractivity contribution in [3.8, 4) is 0 Å². The molecular formula is C9H17ClO. The monoisotopic (exact) mass is 176 g/mol. The van der Waals surface area contributed by atoms with E-state index in [1.54, 1.807) is 6.26 Å². The molecule has 0 heterocycles. The zero-order valence-corrected chi connectivity index (χ0v) is 8.48. The Morgan fingerprint density at radius 2 is 2.09 bits per heavy atom. The summed E-state index contributed by atoms with van der Waals surface area (Å²) >= 11 is 6.15. The Morgan fingerprint density at radius 1 is 1.55 bits per heavy atom. The first-order valence-electron chi connectivity index (χ1n) is 3.92. The van der Waals surface area contributed by atoms with Gasteiger partial charge in [0.25, 0.3) is 0 Å². The van der Waals surface area contributed by atoms with Gasteiger partial charge in [-0.2, -0.15) is 0 Å². The fourth-order valence-electron chi connectivity index (χ4n) is 0.474. The molecule has 0 aliphatic carbocycles. The number of alkyl halides is 1. The Labute approximate surface area is 74.4 Å². The second-order valence-corrected chi connectivity index (χ2v) is 4.08. The average molecular weight is 177 g/mol. The summed E-state index contributed by atoms with van der Waals surface area (Å²) in [5.74, 6) is 0.425. The molecule has 0 aromatic carbocycles. The molecule has 0 spiro atoms. The highest BCUT2D eigenvalue weighted by Gasteiger charge is 2.25. The molecule has 66 valence electrons. The molecule has 0 amide bonds. The van der Waals surface area contributed by atoms with Crippen molar-refractivity contribution in [3.05, 3.63) is 12.3 Å². The average Bonchev–Trinajstić information content (AvgIpc) is 1.88. The lowest BCUT2D eigenvalue weighted by molar-refractivity contribution is 0.191. The van der Waals surface area contributed by atoms with Crippen LogP contribution in [0.1, 0.15) is 27.7 Å². The van der Waals surface area contributed by atoms with E-state index in [1.807, 2.05) is 19.9 Å². The van der Waals surface area contributed by atoms with Crippen LogP contribution in [0.25, 0.3) is 0 Å². The number of halogens is 1. The Balaban J connectivity index is 3.73. The largest absolute Gasteiger partial charge is 0.500 e. The van der Waals surface area contributed by atoms with Gasteiger partial charge in [-0.05, 0) is 19.8 Å². The van der Waals surface area contributed by atoms with Crippen molar-refractivity contribution in [1.29, 1.82) is 0 Å². The molecule has 0 rings (SSSR count). The van der Waals surface area contributed by atoms with E-state index < -0.39 is 0 Å². The lowest BCUT2D eigenvalue weighted by atomic mass is 9.98. The minimum Gasteiger partial charge on any atom is -0.500 e. The number of rotatable bonds is 4. The summed E-state index contributed by atoms with van der Waals surface area (Å²) in [6.45, 7) is 8.65. The Hall–Kier alpha value is -0.170. The molecule has 0 saturated heterocycles. The van der Waals surface area contributed by atoms with Gasteiger partial charge in [0.1, 0.15) is 6.61 Å². The number of hydrogen-bond donors (Lipinski definition) is 0. The van der Waals surface area contributed by atoms with Crippen molar-refractivity contribution in [2.45, 2.75) is 32.6 Å². The Kier molecular flexibility index (Phi) is 4.58. The van der Waals surface area contributed by atoms with E-state index in [2.05, 4.69) is 13.8 Å². The van der Waals surface area contributed by atoms with Crippen molar-refractivity contribution < 1.29 is 4.74 Å². The van der Waals surface area contributed by atoms with Gasteiger partial charge in [0, 0.05) is 0 Å². The first kappa shape index (κ1) is 10.8. The Morgan fingerprint density at radius 3 is 2.45 bits per heavy atom. The van der Waals surface area contributed by atoms with Crippen molar-refractivity contribution in [2.75, 3.05) is 6.61 Å². The van der Waals surface area contributed by atoms with Crippen LogP contribution in [0, 0.1) is 5.92 Å². The van der Waals surface area contributed by atoms with Gasteiger partial charge in [-0.25, -0.2) is 0 Å². The predicted molar refractivity (Wildman–Crippen MR) is 49.9 cm³/mol. The third-order valence-electron chi connectivity index (χ3n) is 1.80. The molecule has 2 heteroatoms. The van der Waals surface area contributed by atoms with Crippen molar-refractivity contribution in [1.82, 2.24) is 0 Å². The zero-order valence-electron chi connectivity index (χ0n) is 7.73. The van der Waals surface area contributed by atoms with Crippen LogP contribution < -0.4 is 0 Å². The molecule has 11 heavy (non-hydrogen) atoms. The van der Waals surface area contributed by atoms with Crippen LogP contribution in [0.4, 0.5) is 0 Å². The molecule has 0 N–H and O–H groups in total. The summed E-state index contributed by atoms with van der Waals surface area (Å²) in [5.41, 5.74) is 0. The minimum absolute atomic E-state index is 0.250. The molecule has 0 aromatic rings. The number of ether oxygens (including phenoxy) is 1. The van der Waals surface area contributed by atoms with Crippen LogP contribution in [0.5, 0.6) is 0 Å². The molecule has 0 aromatic heterocycles. The SMILES string of the molecule is C/C=C/OCC(C)(Cl)C(C)C. The lowest BCUT2D eigenvalue weighted by Gasteiger charge is -2.25. The van der Waals surface area contributed by atoms with E-state index in [-0.39, 0.29) is 4.87 Å². The standard InChI is InChI=1S/C9H17ClO/c1-5-6-11-7-9(4,10)8(2)3/h5-6,8H,7H2,1-4H3/b6-5+. The quantitative estimate of drug-likeness (QED) is 0.472. The minimum atomic E-state index is -0.250. The molecule has 1 nitrogen and oxygen atoms in total. The van der Waals surface area contributed by atoms with Crippen LogP contribution in [-0.4, -0.2) is 11.5 Å². The highest BCUT2D eigenvalue weighted by atomic mass is 35.5.